The van der Waals surface area contributed by atoms with E-state index in [9.17, 15) is 9.59 Å². The molecule has 1 amide bonds. The summed E-state index contributed by atoms with van der Waals surface area (Å²) in [6, 6.07) is 11.8. The van der Waals surface area contributed by atoms with Gasteiger partial charge < -0.3 is 10.1 Å². The van der Waals surface area contributed by atoms with Crippen molar-refractivity contribution in [2.24, 2.45) is 7.05 Å². The zero-order valence-corrected chi connectivity index (χ0v) is 16.8. The van der Waals surface area contributed by atoms with E-state index in [0.29, 0.717) is 12.2 Å². The van der Waals surface area contributed by atoms with Gasteiger partial charge in [-0.05, 0) is 25.5 Å². The highest BCUT2D eigenvalue weighted by atomic mass is 32.2. The number of hydrogen-bond donors (Lipinski definition) is 1. The van der Waals surface area contributed by atoms with Crippen LogP contribution in [0.4, 0.5) is 5.82 Å². The second-order valence-corrected chi connectivity index (χ2v) is 7.32. The van der Waals surface area contributed by atoms with Crippen molar-refractivity contribution in [3.05, 3.63) is 48.2 Å². The van der Waals surface area contributed by atoms with Gasteiger partial charge in [-0.25, -0.2) is 9.78 Å². The highest BCUT2D eigenvalue weighted by molar-refractivity contribution is 8.00. The van der Waals surface area contributed by atoms with Crippen LogP contribution in [-0.2, 0) is 16.6 Å². The highest BCUT2D eigenvalue weighted by Gasteiger charge is 2.24. The Bertz CT molecular complexity index is 1000. The topological polar surface area (TPSA) is 86.1 Å². The molecule has 0 radical (unpaired) electrons. The molecule has 2 aromatic heterocycles. The lowest BCUT2D eigenvalue weighted by atomic mass is 10.2. The number of aryl methyl sites for hydroxylation is 1. The molecule has 0 saturated carbocycles. The Kier molecular flexibility index (Phi) is 6.30. The van der Waals surface area contributed by atoms with Crippen LogP contribution in [0.25, 0.3) is 10.9 Å². The Morgan fingerprint density at radius 3 is 2.75 bits per heavy atom. The standard InChI is InChI=1S/C20H22N4O3S/c1-4-16(28-17-11-10-13-8-6-7-9-15(13)22-17)19(25)23-18-14(12-21-24(18)3)20(26)27-5-2/h6-12,16H,4-5H2,1-3H3,(H,23,25)/t16-/m1/s1. The van der Waals surface area contributed by atoms with E-state index in [4.69, 9.17) is 4.74 Å². The maximum atomic E-state index is 12.8. The number of para-hydroxylation sites is 1. The zero-order chi connectivity index (χ0) is 20.1. The van der Waals surface area contributed by atoms with Crippen LogP contribution in [0.5, 0.6) is 0 Å². The number of anilines is 1. The second kappa shape index (κ2) is 8.88. The van der Waals surface area contributed by atoms with Gasteiger partial charge in [-0.2, -0.15) is 5.10 Å². The fraction of sp³-hybridized carbons (Fsp3) is 0.300. The smallest absolute Gasteiger partial charge is 0.343 e. The minimum atomic E-state index is -0.511. The SMILES string of the molecule is CCOC(=O)c1cnn(C)c1NC(=O)[C@@H](CC)Sc1ccc2ccccc2n1. The van der Waals surface area contributed by atoms with Crippen LogP contribution in [0.15, 0.2) is 47.6 Å². The molecule has 3 aromatic rings. The minimum absolute atomic E-state index is 0.211. The average Bonchev–Trinajstić information content (AvgIpc) is 3.06. The number of carbonyl (C=O) groups excluding carboxylic acids is 2. The van der Waals surface area contributed by atoms with Crippen LogP contribution in [0, 0.1) is 0 Å². The first-order valence-corrected chi connectivity index (χ1v) is 9.93. The van der Waals surface area contributed by atoms with E-state index in [-0.39, 0.29) is 23.3 Å². The Labute approximate surface area is 167 Å². The summed E-state index contributed by atoms with van der Waals surface area (Å²) in [5, 5.41) is 8.34. The van der Waals surface area contributed by atoms with Gasteiger partial charge in [0, 0.05) is 12.4 Å². The van der Waals surface area contributed by atoms with Crippen molar-refractivity contribution < 1.29 is 14.3 Å². The number of rotatable bonds is 7. The van der Waals surface area contributed by atoms with E-state index in [0.717, 1.165) is 15.9 Å². The average molecular weight is 398 g/mol. The van der Waals surface area contributed by atoms with Gasteiger partial charge in [0.05, 0.1) is 28.6 Å². The number of esters is 1. The molecule has 0 bridgehead atoms. The van der Waals surface area contributed by atoms with Crippen LogP contribution < -0.4 is 5.32 Å². The van der Waals surface area contributed by atoms with E-state index in [1.165, 1.54) is 22.6 Å². The van der Waals surface area contributed by atoms with Crippen LogP contribution in [0.1, 0.15) is 30.6 Å². The molecule has 1 aromatic carbocycles. The van der Waals surface area contributed by atoms with Crippen LogP contribution in [0.3, 0.4) is 0 Å². The molecule has 2 heterocycles. The summed E-state index contributed by atoms with van der Waals surface area (Å²) in [6.07, 6.45) is 2.00. The van der Waals surface area contributed by atoms with Crippen LogP contribution in [-0.4, -0.2) is 38.5 Å². The van der Waals surface area contributed by atoms with Crippen LogP contribution in [0.2, 0.25) is 0 Å². The van der Waals surface area contributed by atoms with Gasteiger partial charge in [0.1, 0.15) is 11.4 Å². The lowest BCUT2D eigenvalue weighted by Gasteiger charge is -2.15. The maximum Gasteiger partial charge on any atom is 0.343 e. The molecular formula is C20H22N4O3S. The number of thioether (sulfide) groups is 1. The van der Waals surface area contributed by atoms with Gasteiger partial charge in [-0.1, -0.05) is 43.0 Å². The molecule has 0 spiro atoms. The van der Waals surface area contributed by atoms with Gasteiger partial charge in [0.15, 0.2) is 0 Å². The molecule has 1 N–H and O–H groups in total. The van der Waals surface area contributed by atoms with E-state index < -0.39 is 5.97 Å². The molecule has 0 aliphatic heterocycles. The van der Waals surface area contributed by atoms with E-state index in [2.05, 4.69) is 15.4 Å². The van der Waals surface area contributed by atoms with Crippen molar-refractivity contribution in [1.82, 2.24) is 14.8 Å². The Hall–Kier alpha value is -2.87. The zero-order valence-electron chi connectivity index (χ0n) is 16.0. The molecule has 0 saturated heterocycles. The fourth-order valence-electron chi connectivity index (χ4n) is 2.72. The van der Waals surface area contributed by atoms with E-state index >= 15 is 0 Å². The molecule has 0 aliphatic carbocycles. The van der Waals surface area contributed by atoms with E-state index in [1.54, 1.807) is 14.0 Å². The van der Waals surface area contributed by atoms with Crippen molar-refractivity contribution in [1.29, 1.82) is 0 Å². The number of carbonyl (C=O) groups is 2. The van der Waals surface area contributed by atoms with Crippen molar-refractivity contribution in [2.75, 3.05) is 11.9 Å². The van der Waals surface area contributed by atoms with E-state index in [1.807, 2.05) is 43.3 Å². The number of nitrogens with zero attached hydrogens (tertiary/aromatic N) is 3. The predicted octanol–water partition coefficient (Wildman–Crippen LogP) is 3.65. The van der Waals surface area contributed by atoms with Gasteiger partial charge in [-0.3, -0.25) is 9.48 Å². The summed E-state index contributed by atoms with van der Waals surface area (Å²) >= 11 is 1.39. The largest absolute Gasteiger partial charge is 0.462 e. The second-order valence-electron chi connectivity index (χ2n) is 6.10. The first-order valence-electron chi connectivity index (χ1n) is 9.05. The number of ether oxygens (including phenoxy) is 1. The number of benzene rings is 1. The summed E-state index contributed by atoms with van der Waals surface area (Å²) in [7, 11) is 1.66. The molecular weight excluding hydrogens is 376 g/mol. The molecule has 0 fully saturated rings. The Balaban J connectivity index is 1.77. The normalized spacial score (nSPS) is 12.0. The van der Waals surface area contributed by atoms with Crippen molar-refractivity contribution >= 4 is 40.4 Å². The molecule has 3 rings (SSSR count). The lowest BCUT2D eigenvalue weighted by Crippen LogP contribution is -2.27. The summed E-state index contributed by atoms with van der Waals surface area (Å²) < 4.78 is 6.48. The Morgan fingerprint density at radius 1 is 1.21 bits per heavy atom. The number of nitrogens with one attached hydrogen (secondary N) is 1. The number of aromatic nitrogens is 3. The summed E-state index contributed by atoms with van der Waals surface area (Å²) in [4.78, 5) is 29.5. The first-order chi connectivity index (χ1) is 13.5. The van der Waals surface area contributed by atoms with Crippen molar-refractivity contribution in [2.45, 2.75) is 30.5 Å². The molecule has 7 nitrogen and oxygen atoms in total. The molecule has 28 heavy (non-hydrogen) atoms. The molecule has 146 valence electrons. The molecule has 1 atom stereocenters. The Morgan fingerprint density at radius 2 is 2.00 bits per heavy atom. The third kappa shape index (κ3) is 4.33. The number of amides is 1. The highest BCUT2D eigenvalue weighted by Crippen LogP contribution is 2.27. The minimum Gasteiger partial charge on any atom is -0.462 e. The summed E-state index contributed by atoms with van der Waals surface area (Å²) in [6.45, 7) is 3.92. The maximum absolute atomic E-state index is 12.8. The number of hydrogen-bond acceptors (Lipinski definition) is 6. The van der Waals surface area contributed by atoms with Gasteiger partial charge >= 0.3 is 5.97 Å². The van der Waals surface area contributed by atoms with Crippen LogP contribution >= 0.6 is 11.8 Å². The van der Waals surface area contributed by atoms with Gasteiger partial charge in [-0.15, -0.1) is 0 Å². The van der Waals surface area contributed by atoms with Gasteiger partial charge in [0.25, 0.3) is 0 Å². The summed E-state index contributed by atoms with van der Waals surface area (Å²) in [5.74, 6) is -0.395. The predicted molar refractivity (Wildman–Crippen MR) is 109 cm³/mol. The number of fused-ring (bicyclic) bond motifs is 1. The lowest BCUT2D eigenvalue weighted by molar-refractivity contribution is -0.115. The number of pyridine rings is 1. The molecule has 0 aliphatic rings. The molecule has 8 heteroatoms. The van der Waals surface area contributed by atoms with Crippen molar-refractivity contribution in [3.63, 3.8) is 0 Å². The van der Waals surface area contributed by atoms with Gasteiger partial charge in [0.2, 0.25) is 5.91 Å². The third-order valence-corrected chi connectivity index (χ3v) is 5.48. The first kappa shape index (κ1) is 19.9. The monoisotopic (exact) mass is 398 g/mol. The molecule has 0 unspecified atom stereocenters. The quantitative estimate of drug-likeness (QED) is 0.483. The summed E-state index contributed by atoms with van der Waals surface area (Å²) in [5.41, 5.74) is 1.13. The van der Waals surface area contributed by atoms with Crippen molar-refractivity contribution in [3.8, 4) is 0 Å². The fourth-order valence-corrected chi connectivity index (χ4v) is 3.64. The third-order valence-electron chi connectivity index (χ3n) is 4.17.